The molecule has 5 heteroatoms. The summed E-state index contributed by atoms with van der Waals surface area (Å²) in [7, 11) is 0. The predicted octanol–water partition coefficient (Wildman–Crippen LogP) is 7.92. The minimum atomic E-state index is 0.0974. The summed E-state index contributed by atoms with van der Waals surface area (Å²) in [6.07, 6.45) is 0. The highest BCUT2D eigenvalue weighted by Gasteiger charge is 2.27. The van der Waals surface area contributed by atoms with Gasteiger partial charge in [0.25, 0.3) is 0 Å². The summed E-state index contributed by atoms with van der Waals surface area (Å²) in [4.78, 5) is 1.87. The number of aryl methyl sites for hydroxylation is 4. The summed E-state index contributed by atoms with van der Waals surface area (Å²) in [6.45, 7) is 11.7. The second kappa shape index (κ2) is 9.26. The molecule has 0 aliphatic rings. The van der Waals surface area contributed by atoms with Crippen LogP contribution in [0.25, 0.3) is 0 Å². The number of hydrogen-bond donors (Lipinski definition) is 3. The zero-order chi connectivity index (χ0) is 25.4. The molecule has 0 bridgehead atoms. The molecule has 4 aromatic rings. The molecule has 0 radical (unpaired) electrons. The van der Waals surface area contributed by atoms with E-state index in [1.807, 2.05) is 82.8 Å². The van der Waals surface area contributed by atoms with Gasteiger partial charge in [0, 0.05) is 0 Å². The molecule has 0 aliphatic carbocycles. The van der Waals surface area contributed by atoms with Crippen LogP contribution in [-0.2, 0) is 0 Å². The average Bonchev–Trinajstić information content (AvgIpc) is 2.81. The Bertz CT molecular complexity index is 1340. The minimum absolute atomic E-state index is 0.0974. The first-order valence-corrected chi connectivity index (χ1v) is 11.6. The molecular formula is C30H31NO4. The summed E-state index contributed by atoms with van der Waals surface area (Å²) in [5.74, 6) is 1.57. The van der Waals surface area contributed by atoms with Crippen molar-refractivity contribution in [2.45, 2.75) is 41.5 Å². The Hall–Kier alpha value is -4.12. The Morgan fingerprint density at radius 2 is 1.09 bits per heavy atom. The van der Waals surface area contributed by atoms with Crippen molar-refractivity contribution < 1.29 is 20.1 Å². The summed E-state index contributed by atoms with van der Waals surface area (Å²) >= 11 is 0. The summed E-state index contributed by atoms with van der Waals surface area (Å²) in [5.41, 5.74) is 7.20. The highest BCUT2D eigenvalue weighted by molar-refractivity contribution is 5.89. The van der Waals surface area contributed by atoms with E-state index in [1.54, 1.807) is 24.3 Å². The second-order valence-electron chi connectivity index (χ2n) is 9.06. The third-order valence-corrected chi connectivity index (χ3v) is 6.57. The monoisotopic (exact) mass is 469 g/mol. The minimum Gasteiger partial charge on any atom is -0.508 e. The number of ether oxygens (including phenoxy) is 1. The van der Waals surface area contributed by atoms with E-state index in [2.05, 4.69) is 0 Å². The number of anilines is 3. The molecule has 0 aliphatic heterocycles. The topological polar surface area (TPSA) is 73.2 Å². The van der Waals surface area contributed by atoms with E-state index >= 15 is 0 Å². The van der Waals surface area contributed by atoms with Crippen LogP contribution < -0.4 is 9.64 Å². The van der Waals surface area contributed by atoms with Gasteiger partial charge in [-0.3, -0.25) is 4.90 Å². The predicted molar refractivity (Wildman–Crippen MR) is 141 cm³/mol. The van der Waals surface area contributed by atoms with Crippen molar-refractivity contribution in [3.8, 4) is 28.7 Å². The highest BCUT2D eigenvalue weighted by Crippen LogP contribution is 2.51. The van der Waals surface area contributed by atoms with E-state index in [9.17, 15) is 15.3 Å². The first-order chi connectivity index (χ1) is 16.6. The normalized spacial score (nSPS) is 10.9. The van der Waals surface area contributed by atoms with Gasteiger partial charge in [-0.05, 0) is 111 Å². The molecule has 0 fully saturated rings. The van der Waals surface area contributed by atoms with Gasteiger partial charge in [-0.15, -0.1) is 0 Å². The van der Waals surface area contributed by atoms with E-state index < -0.39 is 0 Å². The maximum absolute atomic E-state index is 11.1. The molecule has 0 saturated heterocycles. The van der Waals surface area contributed by atoms with E-state index in [1.165, 1.54) is 0 Å². The Kier molecular flexibility index (Phi) is 6.35. The molecule has 4 rings (SSSR count). The number of hydrogen-bond acceptors (Lipinski definition) is 5. The fourth-order valence-electron chi connectivity index (χ4n) is 4.42. The van der Waals surface area contributed by atoms with Crippen LogP contribution in [-0.4, -0.2) is 15.3 Å². The Labute approximate surface area is 206 Å². The summed E-state index contributed by atoms with van der Waals surface area (Å²) in [6, 6.07) is 18.0. The van der Waals surface area contributed by atoms with Crippen molar-refractivity contribution >= 4 is 17.1 Å². The summed E-state index contributed by atoms with van der Waals surface area (Å²) in [5, 5.41) is 32.1. The first-order valence-electron chi connectivity index (χ1n) is 11.6. The van der Waals surface area contributed by atoms with Crippen molar-refractivity contribution in [3.63, 3.8) is 0 Å². The fourth-order valence-corrected chi connectivity index (χ4v) is 4.42. The van der Waals surface area contributed by atoms with Gasteiger partial charge in [-0.25, -0.2) is 0 Å². The van der Waals surface area contributed by atoms with Gasteiger partial charge in [-0.2, -0.15) is 0 Å². The summed E-state index contributed by atoms with van der Waals surface area (Å²) < 4.78 is 6.45. The molecule has 3 N–H and O–H groups in total. The molecule has 0 aromatic heterocycles. The maximum atomic E-state index is 11.1. The number of para-hydroxylation sites is 2. The first kappa shape index (κ1) is 24.0. The zero-order valence-corrected chi connectivity index (χ0v) is 21.0. The molecular weight excluding hydrogens is 438 g/mol. The highest BCUT2D eigenvalue weighted by atomic mass is 16.5. The van der Waals surface area contributed by atoms with Crippen molar-refractivity contribution in [1.29, 1.82) is 0 Å². The largest absolute Gasteiger partial charge is 0.508 e. The van der Waals surface area contributed by atoms with Crippen LogP contribution in [0.15, 0.2) is 60.7 Å². The standard InChI is InChI=1S/C30H31NO4/c1-17-11-13-25(33)28(21(17)5)31(29-22(6)18(2)12-14-26(29)34)24-9-7-8-10-27(24)35-30-19(3)15-23(32)16-20(30)4/h7-16,32-34H,1-6H3. The van der Waals surface area contributed by atoms with Gasteiger partial charge in [0.1, 0.15) is 23.0 Å². The Morgan fingerprint density at radius 1 is 0.600 bits per heavy atom. The van der Waals surface area contributed by atoms with Crippen LogP contribution in [0.2, 0.25) is 0 Å². The number of rotatable bonds is 5. The molecule has 0 saturated carbocycles. The van der Waals surface area contributed by atoms with Crippen molar-refractivity contribution in [3.05, 3.63) is 94.0 Å². The van der Waals surface area contributed by atoms with Crippen molar-refractivity contribution in [2.75, 3.05) is 4.90 Å². The molecule has 0 amide bonds. The number of phenols is 3. The molecule has 0 heterocycles. The van der Waals surface area contributed by atoms with Crippen LogP contribution in [0.3, 0.4) is 0 Å². The molecule has 35 heavy (non-hydrogen) atoms. The van der Waals surface area contributed by atoms with Crippen molar-refractivity contribution in [1.82, 2.24) is 0 Å². The van der Waals surface area contributed by atoms with Gasteiger partial charge in [-0.1, -0.05) is 24.3 Å². The van der Waals surface area contributed by atoms with Crippen molar-refractivity contribution in [2.24, 2.45) is 0 Å². The lowest BCUT2D eigenvalue weighted by Gasteiger charge is -2.32. The van der Waals surface area contributed by atoms with Gasteiger partial charge in [0.2, 0.25) is 0 Å². The van der Waals surface area contributed by atoms with E-state index in [-0.39, 0.29) is 17.2 Å². The van der Waals surface area contributed by atoms with Crippen LogP contribution >= 0.6 is 0 Å². The van der Waals surface area contributed by atoms with Gasteiger partial charge in [0.15, 0.2) is 5.75 Å². The Balaban J connectivity index is 2.03. The molecule has 5 nitrogen and oxygen atoms in total. The number of benzene rings is 4. The third kappa shape index (κ3) is 4.37. The smallest absolute Gasteiger partial charge is 0.151 e. The molecule has 0 atom stereocenters. The SMILES string of the molecule is Cc1ccc(O)c(N(c2ccccc2Oc2c(C)cc(O)cc2C)c2c(O)ccc(C)c2C)c1C. The quantitative estimate of drug-likeness (QED) is 0.277. The average molecular weight is 470 g/mol. The number of phenolic OH excluding ortho intramolecular Hbond substituents is 3. The molecule has 180 valence electrons. The second-order valence-corrected chi connectivity index (χ2v) is 9.06. The molecule has 0 spiro atoms. The third-order valence-electron chi connectivity index (χ3n) is 6.57. The van der Waals surface area contributed by atoms with Gasteiger partial charge < -0.3 is 20.1 Å². The lowest BCUT2D eigenvalue weighted by atomic mass is 10.0. The fraction of sp³-hybridized carbons (Fsp3) is 0.200. The van der Waals surface area contributed by atoms with E-state index in [4.69, 9.17) is 4.74 Å². The lowest BCUT2D eigenvalue weighted by molar-refractivity contribution is 0.458. The van der Waals surface area contributed by atoms with Gasteiger partial charge in [0.05, 0.1) is 17.1 Å². The number of nitrogens with zero attached hydrogens (tertiary/aromatic N) is 1. The Morgan fingerprint density at radius 3 is 1.60 bits per heavy atom. The maximum Gasteiger partial charge on any atom is 0.151 e. The zero-order valence-electron chi connectivity index (χ0n) is 21.0. The van der Waals surface area contributed by atoms with Crippen LogP contribution in [0.1, 0.15) is 33.4 Å². The van der Waals surface area contributed by atoms with Crippen LogP contribution in [0.5, 0.6) is 28.7 Å². The lowest BCUT2D eigenvalue weighted by Crippen LogP contribution is -2.15. The number of aromatic hydroxyl groups is 3. The van der Waals surface area contributed by atoms with Crippen LogP contribution in [0, 0.1) is 41.5 Å². The molecule has 0 unspecified atom stereocenters. The van der Waals surface area contributed by atoms with Crippen LogP contribution in [0.4, 0.5) is 17.1 Å². The molecule has 4 aromatic carbocycles. The van der Waals surface area contributed by atoms with E-state index in [0.29, 0.717) is 28.6 Å². The van der Waals surface area contributed by atoms with Gasteiger partial charge >= 0.3 is 0 Å². The van der Waals surface area contributed by atoms with E-state index in [0.717, 1.165) is 33.4 Å².